The summed E-state index contributed by atoms with van der Waals surface area (Å²) in [7, 11) is 0. The Kier molecular flexibility index (Phi) is 1.96. The first-order valence-electron chi connectivity index (χ1n) is 4.36. The summed E-state index contributed by atoms with van der Waals surface area (Å²) in [6.07, 6.45) is 0. The average molecular weight is 224 g/mol. The van der Waals surface area contributed by atoms with Crippen LogP contribution in [0.2, 0.25) is 0 Å². The van der Waals surface area contributed by atoms with Crippen molar-refractivity contribution in [1.82, 2.24) is 0 Å². The standard InChI is InChI=1S/C10H8O2S2/c1-2-8(13-5-1)10-9-7(6-14-10)11-3-4-12-9/h1-2,5-6H,3-4H2. The molecule has 0 aromatic carbocycles. The Morgan fingerprint density at radius 1 is 1.14 bits per heavy atom. The fourth-order valence-electron chi connectivity index (χ4n) is 1.44. The number of hydrogen-bond acceptors (Lipinski definition) is 4. The minimum absolute atomic E-state index is 0.655. The van der Waals surface area contributed by atoms with Gasteiger partial charge in [-0.3, -0.25) is 0 Å². The van der Waals surface area contributed by atoms with Crippen LogP contribution in [0, 0.1) is 0 Å². The first-order valence-corrected chi connectivity index (χ1v) is 6.12. The van der Waals surface area contributed by atoms with E-state index in [4.69, 9.17) is 9.47 Å². The van der Waals surface area contributed by atoms with E-state index < -0.39 is 0 Å². The first kappa shape index (κ1) is 8.32. The van der Waals surface area contributed by atoms with E-state index in [1.807, 2.05) is 5.38 Å². The lowest BCUT2D eigenvalue weighted by atomic mass is 10.3. The highest BCUT2D eigenvalue weighted by molar-refractivity contribution is 7.20. The summed E-state index contributed by atoms with van der Waals surface area (Å²) in [6, 6.07) is 4.16. The molecule has 2 nitrogen and oxygen atoms in total. The van der Waals surface area contributed by atoms with E-state index in [2.05, 4.69) is 17.5 Å². The molecule has 0 saturated carbocycles. The van der Waals surface area contributed by atoms with Crippen LogP contribution in [-0.2, 0) is 0 Å². The lowest BCUT2D eigenvalue weighted by Gasteiger charge is -2.15. The molecule has 0 bridgehead atoms. The molecular formula is C10H8O2S2. The zero-order valence-electron chi connectivity index (χ0n) is 7.36. The molecule has 1 aliphatic rings. The molecule has 72 valence electrons. The van der Waals surface area contributed by atoms with Crippen molar-refractivity contribution < 1.29 is 9.47 Å². The highest BCUT2D eigenvalue weighted by atomic mass is 32.1. The summed E-state index contributed by atoms with van der Waals surface area (Å²) >= 11 is 3.41. The Morgan fingerprint density at radius 2 is 2.07 bits per heavy atom. The second-order valence-electron chi connectivity index (χ2n) is 2.93. The van der Waals surface area contributed by atoms with Gasteiger partial charge in [0.15, 0.2) is 11.5 Å². The van der Waals surface area contributed by atoms with Crippen molar-refractivity contribution in [2.45, 2.75) is 0 Å². The maximum absolute atomic E-state index is 5.61. The third-order valence-corrected chi connectivity index (χ3v) is 4.04. The molecule has 2 aromatic rings. The van der Waals surface area contributed by atoms with Crippen molar-refractivity contribution in [2.24, 2.45) is 0 Å². The van der Waals surface area contributed by atoms with Gasteiger partial charge in [-0.1, -0.05) is 6.07 Å². The highest BCUT2D eigenvalue weighted by Gasteiger charge is 2.19. The van der Waals surface area contributed by atoms with Gasteiger partial charge >= 0.3 is 0 Å². The minimum atomic E-state index is 0.655. The molecule has 3 heterocycles. The highest BCUT2D eigenvalue weighted by Crippen LogP contribution is 2.46. The second-order valence-corrected chi connectivity index (χ2v) is 4.76. The third-order valence-electron chi connectivity index (χ3n) is 2.05. The maximum atomic E-state index is 5.61. The van der Waals surface area contributed by atoms with Crippen molar-refractivity contribution in [3.8, 4) is 21.3 Å². The average Bonchev–Trinajstić information content (AvgIpc) is 2.85. The zero-order chi connectivity index (χ0) is 9.38. The lowest BCUT2D eigenvalue weighted by Crippen LogP contribution is -2.14. The van der Waals surface area contributed by atoms with E-state index in [0.29, 0.717) is 13.2 Å². The molecule has 0 spiro atoms. The number of thiophene rings is 2. The first-order chi connectivity index (χ1) is 6.95. The Labute approximate surface area is 89.7 Å². The Hall–Kier alpha value is -1.00. The van der Waals surface area contributed by atoms with Crippen LogP contribution in [0.3, 0.4) is 0 Å². The van der Waals surface area contributed by atoms with E-state index in [1.165, 1.54) is 9.75 Å². The molecule has 0 saturated heterocycles. The number of ether oxygens (including phenoxy) is 2. The molecule has 0 aliphatic carbocycles. The number of rotatable bonds is 1. The van der Waals surface area contributed by atoms with Gasteiger partial charge in [-0.15, -0.1) is 22.7 Å². The van der Waals surface area contributed by atoms with Crippen LogP contribution in [0.15, 0.2) is 22.9 Å². The van der Waals surface area contributed by atoms with Crippen LogP contribution in [0.4, 0.5) is 0 Å². The van der Waals surface area contributed by atoms with Crippen LogP contribution in [0.1, 0.15) is 0 Å². The minimum Gasteiger partial charge on any atom is -0.485 e. The molecule has 0 radical (unpaired) electrons. The van der Waals surface area contributed by atoms with Crippen molar-refractivity contribution >= 4 is 22.7 Å². The molecular weight excluding hydrogens is 216 g/mol. The fourth-order valence-corrected chi connectivity index (χ4v) is 3.24. The molecule has 3 rings (SSSR count). The largest absolute Gasteiger partial charge is 0.485 e. The summed E-state index contributed by atoms with van der Waals surface area (Å²) < 4.78 is 11.1. The second kappa shape index (κ2) is 3.29. The molecule has 2 aromatic heterocycles. The maximum Gasteiger partial charge on any atom is 0.180 e. The normalized spacial score (nSPS) is 14.3. The lowest BCUT2D eigenvalue weighted by molar-refractivity contribution is 0.174. The zero-order valence-corrected chi connectivity index (χ0v) is 8.99. The predicted molar refractivity (Wildman–Crippen MR) is 58.6 cm³/mol. The predicted octanol–water partition coefficient (Wildman–Crippen LogP) is 3.25. The SMILES string of the molecule is c1csc(-c2scc3c2OCCO3)c1. The van der Waals surface area contributed by atoms with E-state index in [0.717, 1.165) is 11.5 Å². The molecule has 0 fully saturated rings. The van der Waals surface area contributed by atoms with Crippen LogP contribution in [0.25, 0.3) is 9.75 Å². The molecule has 4 heteroatoms. The summed E-state index contributed by atoms with van der Waals surface area (Å²) in [5.74, 6) is 1.81. The number of hydrogen-bond donors (Lipinski definition) is 0. The van der Waals surface area contributed by atoms with Crippen LogP contribution < -0.4 is 9.47 Å². The Bertz CT molecular complexity index is 431. The van der Waals surface area contributed by atoms with E-state index >= 15 is 0 Å². The van der Waals surface area contributed by atoms with E-state index in [-0.39, 0.29) is 0 Å². The summed E-state index contributed by atoms with van der Waals surface area (Å²) in [5.41, 5.74) is 0. The van der Waals surface area contributed by atoms with Crippen LogP contribution in [0.5, 0.6) is 11.5 Å². The quantitative estimate of drug-likeness (QED) is 0.740. The van der Waals surface area contributed by atoms with Crippen molar-refractivity contribution in [1.29, 1.82) is 0 Å². The van der Waals surface area contributed by atoms with Gasteiger partial charge in [0.1, 0.15) is 13.2 Å². The monoisotopic (exact) mass is 224 g/mol. The fraction of sp³-hybridized carbons (Fsp3) is 0.200. The molecule has 0 amide bonds. The van der Waals surface area contributed by atoms with Gasteiger partial charge in [-0.05, 0) is 11.4 Å². The van der Waals surface area contributed by atoms with E-state index in [9.17, 15) is 0 Å². The Morgan fingerprint density at radius 3 is 2.93 bits per heavy atom. The van der Waals surface area contributed by atoms with Gasteiger partial charge in [0.05, 0.1) is 4.88 Å². The summed E-state index contributed by atoms with van der Waals surface area (Å²) in [4.78, 5) is 2.44. The molecule has 0 atom stereocenters. The topological polar surface area (TPSA) is 18.5 Å². The molecule has 14 heavy (non-hydrogen) atoms. The van der Waals surface area contributed by atoms with Gasteiger partial charge in [0.2, 0.25) is 0 Å². The van der Waals surface area contributed by atoms with Gasteiger partial charge in [-0.25, -0.2) is 0 Å². The third kappa shape index (κ3) is 1.22. The van der Waals surface area contributed by atoms with Gasteiger partial charge in [0.25, 0.3) is 0 Å². The van der Waals surface area contributed by atoms with E-state index in [1.54, 1.807) is 22.7 Å². The molecule has 1 aliphatic heterocycles. The Balaban J connectivity index is 2.11. The van der Waals surface area contributed by atoms with Gasteiger partial charge in [0, 0.05) is 10.3 Å². The summed E-state index contributed by atoms with van der Waals surface area (Å²) in [6.45, 7) is 1.32. The van der Waals surface area contributed by atoms with Crippen molar-refractivity contribution in [3.63, 3.8) is 0 Å². The smallest absolute Gasteiger partial charge is 0.180 e. The van der Waals surface area contributed by atoms with Crippen LogP contribution >= 0.6 is 22.7 Å². The van der Waals surface area contributed by atoms with Crippen molar-refractivity contribution in [3.05, 3.63) is 22.9 Å². The number of fused-ring (bicyclic) bond motifs is 1. The van der Waals surface area contributed by atoms with Gasteiger partial charge < -0.3 is 9.47 Å². The van der Waals surface area contributed by atoms with Crippen molar-refractivity contribution in [2.75, 3.05) is 13.2 Å². The molecule has 0 unspecified atom stereocenters. The summed E-state index contributed by atoms with van der Waals surface area (Å²) in [5, 5.41) is 4.09. The van der Waals surface area contributed by atoms with Crippen LogP contribution in [-0.4, -0.2) is 13.2 Å². The molecule has 0 N–H and O–H groups in total. The van der Waals surface area contributed by atoms with Gasteiger partial charge in [-0.2, -0.15) is 0 Å².